The molecule has 1 saturated carbocycles. The van der Waals surface area contributed by atoms with Gasteiger partial charge in [0.15, 0.2) is 0 Å². The molecule has 1 aliphatic carbocycles. The van der Waals surface area contributed by atoms with Gasteiger partial charge in [0.1, 0.15) is 0 Å². The molecule has 1 heteroatoms. The van der Waals surface area contributed by atoms with Gasteiger partial charge in [0, 0.05) is 6.04 Å². The summed E-state index contributed by atoms with van der Waals surface area (Å²) in [5.41, 5.74) is 7.43. The quantitative estimate of drug-likeness (QED) is 0.826. The van der Waals surface area contributed by atoms with Crippen LogP contribution in [0.5, 0.6) is 0 Å². The third-order valence-electron chi connectivity index (χ3n) is 4.25. The largest absolute Gasteiger partial charge is 0.310 e. The Kier molecular flexibility index (Phi) is 3.58. The summed E-state index contributed by atoms with van der Waals surface area (Å²) < 4.78 is 0. The van der Waals surface area contributed by atoms with Crippen LogP contribution in [-0.4, -0.2) is 6.54 Å². The Morgan fingerprint density at radius 1 is 1.12 bits per heavy atom. The Hall–Kier alpha value is -0.820. The van der Waals surface area contributed by atoms with E-state index in [9.17, 15) is 0 Å². The van der Waals surface area contributed by atoms with E-state index in [0.717, 1.165) is 12.5 Å². The average Bonchev–Trinajstić information content (AvgIpc) is 3.09. The fourth-order valence-corrected chi connectivity index (χ4v) is 2.87. The Bertz CT molecular complexity index is 390. The predicted octanol–water partition coefficient (Wildman–Crippen LogP) is 3.98. The van der Waals surface area contributed by atoms with Gasteiger partial charge in [-0.05, 0) is 80.8 Å². The highest BCUT2D eigenvalue weighted by Crippen LogP contribution is 2.43. The summed E-state index contributed by atoms with van der Waals surface area (Å²) >= 11 is 0. The van der Waals surface area contributed by atoms with Crippen molar-refractivity contribution in [2.45, 2.75) is 53.5 Å². The van der Waals surface area contributed by atoms with E-state index in [1.807, 2.05) is 0 Å². The maximum Gasteiger partial charge on any atom is 0.0354 e. The number of benzene rings is 1. The molecule has 0 amide bonds. The Morgan fingerprint density at radius 2 is 1.65 bits per heavy atom. The maximum absolute atomic E-state index is 3.70. The summed E-state index contributed by atoms with van der Waals surface area (Å²) in [4.78, 5) is 0. The van der Waals surface area contributed by atoms with Crippen LogP contribution in [0.15, 0.2) is 6.07 Å². The fourth-order valence-electron chi connectivity index (χ4n) is 2.87. The molecule has 1 N–H and O–H groups in total. The van der Waals surface area contributed by atoms with Gasteiger partial charge in [-0.25, -0.2) is 0 Å². The zero-order chi connectivity index (χ0) is 12.6. The molecular formula is C16H25N. The van der Waals surface area contributed by atoms with Crippen molar-refractivity contribution < 1.29 is 0 Å². The van der Waals surface area contributed by atoms with Crippen molar-refractivity contribution in [3.05, 3.63) is 33.9 Å². The van der Waals surface area contributed by atoms with Crippen LogP contribution < -0.4 is 5.32 Å². The van der Waals surface area contributed by atoms with Gasteiger partial charge in [0.2, 0.25) is 0 Å². The molecule has 0 spiro atoms. The topological polar surface area (TPSA) is 12.0 Å². The van der Waals surface area contributed by atoms with Gasteiger partial charge in [0.25, 0.3) is 0 Å². The number of hydrogen-bond donors (Lipinski definition) is 1. The second kappa shape index (κ2) is 4.81. The van der Waals surface area contributed by atoms with Crippen molar-refractivity contribution in [2.75, 3.05) is 6.54 Å². The summed E-state index contributed by atoms with van der Waals surface area (Å²) in [5.74, 6) is 0.869. The molecule has 1 unspecified atom stereocenters. The summed E-state index contributed by atoms with van der Waals surface area (Å²) in [6, 6.07) is 2.91. The molecule has 0 aliphatic heterocycles. The lowest BCUT2D eigenvalue weighted by molar-refractivity contribution is 0.491. The van der Waals surface area contributed by atoms with Crippen LogP contribution in [0.2, 0.25) is 0 Å². The number of hydrogen-bond acceptors (Lipinski definition) is 1. The molecule has 1 fully saturated rings. The smallest absolute Gasteiger partial charge is 0.0354 e. The predicted molar refractivity (Wildman–Crippen MR) is 74.5 cm³/mol. The lowest BCUT2D eigenvalue weighted by Crippen LogP contribution is -2.25. The summed E-state index contributed by atoms with van der Waals surface area (Å²) in [7, 11) is 0. The van der Waals surface area contributed by atoms with E-state index in [-0.39, 0.29) is 0 Å². The van der Waals surface area contributed by atoms with Gasteiger partial charge in [-0.2, -0.15) is 0 Å². The molecule has 1 aromatic rings. The normalized spacial score (nSPS) is 17.2. The number of nitrogens with one attached hydrogen (secondary N) is 1. The van der Waals surface area contributed by atoms with E-state index >= 15 is 0 Å². The van der Waals surface area contributed by atoms with E-state index in [1.165, 1.54) is 35.1 Å². The zero-order valence-electron chi connectivity index (χ0n) is 11.9. The first kappa shape index (κ1) is 12.6. The molecule has 0 aromatic heterocycles. The van der Waals surface area contributed by atoms with Crippen LogP contribution in [0, 0.1) is 33.6 Å². The first-order valence-electron chi connectivity index (χ1n) is 6.87. The molecule has 1 atom stereocenters. The zero-order valence-corrected chi connectivity index (χ0v) is 11.9. The molecular weight excluding hydrogens is 206 g/mol. The molecule has 0 radical (unpaired) electrons. The fraction of sp³-hybridized carbons (Fsp3) is 0.625. The van der Waals surface area contributed by atoms with E-state index in [1.54, 1.807) is 5.56 Å². The molecule has 0 heterocycles. The summed E-state index contributed by atoms with van der Waals surface area (Å²) in [5, 5.41) is 3.70. The van der Waals surface area contributed by atoms with Gasteiger partial charge in [-0.3, -0.25) is 0 Å². The van der Waals surface area contributed by atoms with Crippen LogP contribution in [0.1, 0.15) is 53.6 Å². The third-order valence-corrected chi connectivity index (χ3v) is 4.25. The highest BCUT2D eigenvalue weighted by atomic mass is 14.9. The molecule has 1 nitrogen and oxygen atoms in total. The van der Waals surface area contributed by atoms with Gasteiger partial charge < -0.3 is 5.32 Å². The lowest BCUT2D eigenvalue weighted by atomic mass is 9.88. The number of aryl methyl sites for hydroxylation is 2. The molecule has 17 heavy (non-hydrogen) atoms. The van der Waals surface area contributed by atoms with E-state index in [4.69, 9.17) is 0 Å². The van der Waals surface area contributed by atoms with Gasteiger partial charge in [0.05, 0.1) is 0 Å². The SMILES string of the molecule is CCNC(c1c(C)c(C)cc(C)c1C)C1CC1. The van der Waals surface area contributed by atoms with E-state index < -0.39 is 0 Å². The Morgan fingerprint density at radius 3 is 2.06 bits per heavy atom. The minimum absolute atomic E-state index is 0.582. The van der Waals surface area contributed by atoms with Crippen molar-refractivity contribution in [3.8, 4) is 0 Å². The molecule has 94 valence electrons. The van der Waals surface area contributed by atoms with E-state index in [2.05, 4.69) is 46.0 Å². The minimum Gasteiger partial charge on any atom is -0.310 e. The van der Waals surface area contributed by atoms with Crippen LogP contribution >= 0.6 is 0 Å². The van der Waals surface area contributed by atoms with Crippen LogP contribution in [-0.2, 0) is 0 Å². The van der Waals surface area contributed by atoms with Crippen molar-refractivity contribution in [1.29, 1.82) is 0 Å². The van der Waals surface area contributed by atoms with Crippen molar-refractivity contribution in [2.24, 2.45) is 5.92 Å². The third kappa shape index (κ3) is 2.40. The number of rotatable bonds is 4. The van der Waals surface area contributed by atoms with Crippen LogP contribution in [0.25, 0.3) is 0 Å². The highest BCUT2D eigenvalue weighted by molar-refractivity contribution is 5.46. The van der Waals surface area contributed by atoms with Crippen molar-refractivity contribution in [1.82, 2.24) is 5.32 Å². The highest BCUT2D eigenvalue weighted by Gasteiger charge is 2.33. The van der Waals surface area contributed by atoms with Gasteiger partial charge >= 0.3 is 0 Å². The molecule has 1 aliphatic rings. The van der Waals surface area contributed by atoms with Gasteiger partial charge in [-0.1, -0.05) is 13.0 Å². The van der Waals surface area contributed by atoms with Crippen molar-refractivity contribution >= 4 is 0 Å². The van der Waals surface area contributed by atoms with Crippen molar-refractivity contribution in [3.63, 3.8) is 0 Å². The summed E-state index contributed by atoms with van der Waals surface area (Å²) in [6.07, 6.45) is 2.78. The van der Waals surface area contributed by atoms with Gasteiger partial charge in [-0.15, -0.1) is 0 Å². The Labute approximate surface area is 106 Å². The lowest BCUT2D eigenvalue weighted by Gasteiger charge is -2.24. The standard InChI is InChI=1S/C16H25N/c1-6-17-16(14-7-8-14)15-12(4)10(2)9-11(3)13(15)5/h9,14,16-17H,6-8H2,1-5H3. The maximum atomic E-state index is 3.70. The summed E-state index contributed by atoms with van der Waals surface area (Å²) in [6.45, 7) is 12.3. The monoisotopic (exact) mass is 231 g/mol. The molecule has 0 bridgehead atoms. The molecule has 2 rings (SSSR count). The van der Waals surface area contributed by atoms with Crippen LogP contribution in [0.3, 0.4) is 0 Å². The second-order valence-corrected chi connectivity index (χ2v) is 5.55. The Balaban J connectivity index is 2.47. The van der Waals surface area contributed by atoms with Crippen LogP contribution in [0.4, 0.5) is 0 Å². The first-order valence-corrected chi connectivity index (χ1v) is 6.87. The molecule has 1 aromatic carbocycles. The second-order valence-electron chi connectivity index (χ2n) is 5.55. The molecule has 0 saturated heterocycles. The average molecular weight is 231 g/mol. The minimum atomic E-state index is 0.582. The van der Waals surface area contributed by atoms with E-state index in [0.29, 0.717) is 6.04 Å². The first-order chi connectivity index (χ1) is 8.06.